The standard InChI is InChI=1S/C53H99NO18/c1-3-5-7-9-11-13-15-17-19-20-22-24-26-28-30-37(56)36(54-41(57)31-29-27-25-23-21-18-16-14-12-10-8-6-4-2)33-67-51-49(65)46(62)43(59)39(71-51)35-69-53-50(66)47(63)44(60)40(72-53)34-68-52-48(64)45(61)42(58)38(32-55)70-52/h28,30,36-40,42-53,55-56,58-66H,3-27,29,31-35H2,1-2H3,(H,54,57). The summed E-state index contributed by atoms with van der Waals surface area (Å²) < 4.78 is 33.9. The van der Waals surface area contributed by atoms with E-state index in [4.69, 9.17) is 28.4 Å². The van der Waals surface area contributed by atoms with Crippen LogP contribution in [0.2, 0.25) is 0 Å². The molecule has 72 heavy (non-hydrogen) atoms. The molecule has 0 aliphatic carbocycles. The van der Waals surface area contributed by atoms with Crippen LogP contribution in [0.15, 0.2) is 12.2 Å². The molecular weight excluding hydrogens is 939 g/mol. The normalized spacial score (nSPS) is 32.0. The third-order valence-electron chi connectivity index (χ3n) is 14.3. The molecule has 19 nitrogen and oxygen atoms in total. The van der Waals surface area contributed by atoms with E-state index in [9.17, 15) is 61.0 Å². The summed E-state index contributed by atoms with van der Waals surface area (Å²) >= 11 is 0. The minimum Gasteiger partial charge on any atom is -0.394 e. The average Bonchev–Trinajstić information content (AvgIpc) is 3.37. The summed E-state index contributed by atoms with van der Waals surface area (Å²) in [5.41, 5.74) is 0. The Morgan fingerprint density at radius 2 is 0.819 bits per heavy atom. The number of aliphatic hydroxyl groups excluding tert-OH is 11. The van der Waals surface area contributed by atoms with Gasteiger partial charge in [-0.1, -0.05) is 174 Å². The summed E-state index contributed by atoms with van der Waals surface area (Å²) in [4.78, 5) is 13.2. The van der Waals surface area contributed by atoms with Crippen molar-refractivity contribution in [2.75, 3.05) is 26.4 Å². The fraction of sp³-hybridized carbons (Fsp3) is 0.943. The highest BCUT2D eigenvalue weighted by Crippen LogP contribution is 2.28. The Kier molecular flexibility index (Phi) is 34.3. The van der Waals surface area contributed by atoms with E-state index in [0.717, 1.165) is 44.9 Å². The lowest BCUT2D eigenvalue weighted by Gasteiger charge is -2.44. The molecule has 0 aromatic carbocycles. The maximum atomic E-state index is 13.2. The third kappa shape index (κ3) is 23.8. The molecular formula is C53H99NO18. The summed E-state index contributed by atoms with van der Waals surface area (Å²) in [5, 5.41) is 119. The maximum absolute atomic E-state index is 13.2. The van der Waals surface area contributed by atoms with Crippen molar-refractivity contribution in [3.8, 4) is 0 Å². The molecule has 17 unspecified atom stereocenters. The summed E-state index contributed by atoms with van der Waals surface area (Å²) in [7, 11) is 0. The lowest BCUT2D eigenvalue weighted by Crippen LogP contribution is -2.63. The van der Waals surface area contributed by atoms with Crippen LogP contribution >= 0.6 is 0 Å². The molecule has 12 N–H and O–H groups in total. The Bertz CT molecular complexity index is 1380. The molecule has 19 heteroatoms. The SMILES string of the molecule is CCCCCCCCCCCCCCC=CC(O)C(COC1OC(COC2OC(COC3OC(CO)C(O)C(O)C3O)C(O)C(O)C2O)C(O)C(O)C1O)NC(=O)CCCCCCCCCCCCCCC. The molecule has 0 aromatic heterocycles. The van der Waals surface area contributed by atoms with Crippen LogP contribution in [0.3, 0.4) is 0 Å². The highest BCUT2D eigenvalue weighted by atomic mass is 16.7. The van der Waals surface area contributed by atoms with Crippen LogP contribution in [0.5, 0.6) is 0 Å². The minimum atomic E-state index is -1.85. The maximum Gasteiger partial charge on any atom is 0.220 e. The molecule has 1 amide bonds. The molecule has 424 valence electrons. The first-order chi connectivity index (χ1) is 34.7. The first kappa shape index (κ1) is 64.8. The van der Waals surface area contributed by atoms with Crippen molar-refractivity contribution in [1.82, 2.24) is 5.32 Å². The van der Waals surface area contributed by atoms with Gasteiger partial charge in [-0.3, -0.25) is 4.79 Å². The Balaban J connectivity index is 1.53. The first-order valence-electron chi connectivity index (χ1n) is 27.9. The lowest BCUT2D eigenvalue weighted by atomic mass is 9.98. The van der Waals surface area contributed by atoms with Gasteiger partial charge in [0, 0.05) is 6.42 Å². The molecule has 0 aromatic rings. The number of ether oxygens (including phenoxy) is 6. The first-order valence-corrected chi connectivity index (χ1v) is 27.9. The second-order valence-corrected chi connectivity index (χ2v) is 20.5. The van der Waals surface area contributed by atoms with E-state index in [-0.39, 0.29) is 18.9 Å². The van der Waals surface area contributed by atoms with E-state index >= 15 is 0 Å². The number of nitrogens with one attached hydrogen (secondary N) is 1. The predicted molar refractivity (Wildman–Crippen MR) is 268 cm³/mol. The van der Waals surface area contributed by atoms with E-state index in [1.54, 1.807) is 6.08 Å². The Morgan fingerprint density at radius 3 is 1.22 bits per heavy atom. The zero-order chi connectivity index (χ0) is 52.7. The molecule has 3 rings (SSSR count). The quantitative estimate of drug-likeness (QED) is 0.0309. The van der Waals surface area contributed by atoms with Gasteiger partial charge in [-0.25, -0.2) is 0 Å². The number of hydrogen-bond donors (Lipinski definition) is 12. The van der Waals surface area contributed by atoms with E-state index in [2.05, 4.69) is 19.2 Å². The van der Waals surface area contributed by atoms with Gasteiger partial charge in [0.05, 0.1) is 38.6 Å². The van der Waals surface area contributed by atoms with Crippen molar-refractivity contribution in [1.29, 1.82) is 0 Å². The van der Waals surface area contributed by atoms with Gasteiger partial charge in [0.15, 0.2) is 18.9 Å². The molecule has 0 spiro atoms. The van der Waals surface area contributed by atoms with Crippen molar-refractivity contribution in [2.45, 2.75) is 291 Å². The molecule has 0 saturated carbocycles. The molecule has 3 aliphatic rings. The van der Waals surface area contributed by atoms with Crippen LogP contribution in [0, 0.1) is 0 Å². The predicted octanol–water partition coefficient (Wildman–Crippen LogP) is 3.43. The van der Waals surface area contributed by atoms with E-state index in [1.807, 2.05) is 6.08 Å². The van der Waals surface area contributed by atoms with Gasteiger partial charge in [0.25, 0.3) is 0 Å². The molecule has 17 atom stereocenters. The molecule has 0 radical (unpaired) electrons. The molecule has 3 heterocycles. The van der Waals surface area contributed by atoms with E-state index in [1.165, 1.54) is 116 Å². The third-order valence-corrected chi connectivity index (χ3v) is 14.3. The van der Waals surface area contributed by atoms with Crippen molar-refractivity contribution < 1.29 is 89.4 Å². The zero-order valence-electron chi connectivity index (χ0n) is 43.7. The van der Waals surface area contributed by atoms with Crippen LogP contribution in [0.4, 0.5) is 0 Å². The topological polar surface area (TPSA) is 307 Å². The Labute approximate surface area is 429 Å². The van der Waals surface area contributed by atoms with Gasteiger partial charge < -0.3 is 89.9 Å². The number of hydrogen-bond acceptors (Lipinski definition) is 18. The highest BCUT2D eigenvalue weighted by molar-refractivity contribution is 5.76. The number of amides is 1. The number of rotatable bonds is 40. The summed E-state index contributed by atoms with van der Waals surface area (Å²) in [6.45, 7) is 2.19. The molecule has 3 fully saturated rings. The monoisotopic (exact) mass is 1040 g/mol. The van der Waals surface area contributed by atoms with Crippen LogP contribution in [0.1, 0.15) is 187 Å². The minimum absolute atomic E-state index is 0.248. The second-order valence-electron chi connectivity index (χ2n) is 20.5. The number of aliphatic hydroxyl groups is 11. The van der Waals surface area contributed by atoms with Crippen molar-refractivity contribution >= 4 is 5.91 Å². The second kappa shape index (κ2) is 38.1. The Morgan fingerprint density at radius 1 is 0.472 bits per heavy atom. The summed E-state index contributed by atoms with van der Waals surface area (Å²) in [6.07, 6.45) is 8.43. The van der Waals surface area contributed by atoms with Crippen LogP contribution in [-0.4, -0.2) is 193 Å². The van der Waals surface area contributed by atoms with Crippen LogP contribution < -0.4 is 5.32 Å². The molecule has 3 aliphatic heterocycles. The number of unbranched alkanes of at least 4 members (excludes halogenated alkanes) is 24. The zero-order valence-corrected chi connectivity index (χ0v) is 43.7. The van der Waals surface area contributed by atoms with Gasteiger partial charge in [0.1, 0.15) is 73.2 Å². The number of carbonyl (C=O) groups excluding carboxylic acids is 1. The van der Waals surface area contributed by atoms with Crippen molar-refractivity contribution in [3.63, 3.8) is 0 Å². The lowest BCUT2D eigenvalue weighted by molar-refractivity contribution is -0.342. The fourth-order valence-corrected chi connectivity index (χ4v) is 9.45. The molecule has 3 saturated heterocycles. The van der Waals surface area contributed by atoms with Gasteiger partial charge in [-0.2, -0.15) is 0 Å². The smallest absolute Gasteiger partial charge is 0.220 e. The van der Waals surface area contributed by atoms with Gasteiger partial charge >= 0.3 is 0 Å². The summed E-state index contributed by atoms with van der Waals surface area (Å²) in [5.74, 6) is -0.276. The fourth-order valence-electron chi connectivity index (χ4n) is 9.45. The largest absolute Gasteiger partial charge is 0.394 e. The molecule has 0 bridgehead atoms. The van der Waals surface area contributed by atoms with Gasteiger partial charge in [0.2, 0.25) is 5.91 Å². The van der Waals surface area contributed by atoms with Crippen LogP contribution in [0.25, 0.3) is 0 Å². The number of allylic oxidation sites excluding steroid dienone is 1. The Hall–Kier alpha value is -1.47. The van der Waals surface area contributed by atoms with Gasteiger partial charge in [-0.05, 0) is 19.3 Å². The average molecular weight is 1040 g/mol. The van der Waals surface area contributed by atoms with E-state index < -0.39 is 124 Å². The van der Waals surface area contributed by atoms with Crippen molar-refractivity contribution in [2.24, 2.45) is 0 Å². The summed E-state index contributed by atoms with van der Waals surface area (Å²) in [6, 6.07) is -0.965. The van der Waals surface area contributed by atoms with Crippen LogP contribution in [-0.2, 0) is 33.2 Å². The van der Waals surface area contributed by atoms with E-state index in [0.29, 0.717) is 6.42 Å². The van der Waals surface area contributed by atoms with Crippen molar-refractivity contribution in [3.05, 3.63) is 12.2 Å². The number of carbonyl (C=O) groups is 1. The van der Waals surface area contributed by atoms with Gasteiger partial charge in [-0.15, -0.1) is 0 Å². The highest BCUT2D eigenvalue weighted by Gasteiger charge is 2.49.